The largest absolute Gasteiger partial charge is 0.410 e. The molecule has 0 spiro atoms. The van der Waals surface area contributed by atoms with Gasteiger partial charge in [0.1, 0.15) is 16.7 Å². The van der Waals surface area contributed by atoms with Crippen LogP contribution >= 0.6 is 0 Å². The molecule has 1 unspecified atom stereocenters. The first kappa shape index (κ1) is 26.5. The summed E-state index contributed by atoms with van der Waals surface area (Å²) in [6.07, 6.45) is 1.55. The highest BCUT2D eigenvalue weighted by molar-refractivity contribution is 7.85. The topological polar surface area (TPSA) is 51.5 Å². The van der Waals surface area contributed by atoms with Crippen LogP contribution < -0.4 is 0 Å². The summed E-state index contributed by atoms with van der Waals surface area (Å²) in [4.78, 5) is 4.51. The van der Waals surface area contributed by atoms with Crippen molar-refractivity contribution in [2.45, 2.75) is 77.4 Å². The van der Waals surface area contributed by atoms with Crippen LogP contribution in [0.1, 0.15) is 71.4 Å². The van der Waals surface area contributed by atoms with Crippen molar-refractivity contribution in [3.05, 3.63) is 65.0 Å². The predicted molar refractivity (Wildman–Crippen MR) is 131 cm³/mol. The monoisotopic (exact) mass is 480 g/mol. The minimum Gasteiger partial charge on any atom is -0.410 e. The molecule has 0 N–H and O–H groups in total. The fourth-order valence-corrected chi connectivity index (χ4v) is 4.60. The van der Waals surface area contributed by atoms with Crippen LogP contribution in [0.25, 0.3) is 0 Å². The number of rotatable bonds is 6. The molecule has 0 aliphatic rings. The zero-order valence-corrected chi connectivity index (χ0v) is 22.2. The minimum atomic E-state index is -1.96. The molecule has 0 amide bonds. The van der Waals surface area contributed by atoms with Crippen molar-refractivity contribution in [3.63, 3.8) is 0 Å². The summed E-state index contributed by atoms with van der Waals surface area (Å²) in [5.74, 6) is -1.95. The van der Waals surface area contributed by atoms with Crippen LogP contribution in [0.4, 0.5) is 8.78 Å². The SMILES string of the molecule is CC(O[Si](C)(C)C(C)(C)C)c1ccc(C(=N[S@](=O)C(C)(C)C)c2ccc(F)c(F)c2)nc1. The van der Waals surface area contributed by atoms with E-state index in [0.29, 0.717) is 11.3 Å². The summed E-state index contributed by atoms with van der Waals surface area (Å²) < 4.78 is 50.3. The van der Waals surface area contributed by atoms with Crippen molar-refractivity contribution in [1.82, 2.24) is 4.98 Å². The van der Waals surface area contributed by atoms with Crippen molar-refractivity contribution in [2.75, 3.05) is 0 Å². The fourth-order valence-electron chi connectivity index (χ4n) is 2.58. The van der Waals surface area contributed by atoms with Gasteiger partial charge >= 0.3 is 0 Å². The first-order valence-corrected chi connectivity index (χ1v) is 14.6. The second-order valence-electron chi connectivity index (χ2n) is 10.4. The highest BCUT2D eigenvalue weighted by Gasteiger charge is 2.38. The molecule has 176 valence electrons. The lowest BCUT2D eigenvalue weighted by molar-refractivity contribution is 0.202. The molecule has 2 atom stereocenters. The van der Waals surface area contributed by atoms with E-state index < -0.39 is 35.7 Å². The maximum Gasteiger partial charge on any atom is 0.192 e. The Labute approximate surface area is 194 Å². The molecule has 0 bridgehead atoms. The Bertz CT molecular complexity index is 1010. The number of hydrogen-bond donors (Lipinski definition) is 0. The average Bonchev–Trinajstić information content (AvgIpc) is 2.66. The lowest BCUT2D eigenvalue weighted by Gasteiger charge is -2.38. The van der Waals surface area contributed by atoms with Gasteiger partial charge in [0.25, 0.3) is 0 Å². The summed E-state index contributed by atoms with van der Waals surface area (Å²) in [6, 6.07) is 7.13. The van der Waals surface area contributed by atoms with Gasteiger partial charge in [-0.15, -0.1) is 0 Å². The van der Waals surface area contributed by atoms with Crippen LogP contribution in [0.15, 0.2) is 40.9 Å². The van der Waals surface area contributed by atoms with Gasteiger partial charge in [-0.2, -0.15) is 4.40 Å². The third-order valence-electron chi connectivity index (χ3n) is 5.67. The summed E-state index contributed by atoms with van der Waals surface area (Å²) >= 11 is 0. The quantitative estimate of drug-likeness (QED) is 0.340. The van der Waals surface area contributed by atoms with E-state index in [4.69, 9.17) is 4.43 Å². The zero-order chi connectivity index (χ0) is 24.5. The Morgan fingerprint density at radius 3 is 2.16 bits per heavy atom. The predicted octanol–water partition coefficient (Wildman–Crippen LogP) is 6.74. The molecule has 0 radical (unpaired) electrons. The van der Waals surface area contributed by atoms with Crippen LogP contribution in [-0.2, 0) is 15.4 Å². The minimum absolute atomic E-state index is 0.0815. The molecular weight excluding hydrogens is 446 g/mol. The van der Waals surface area contributed by atoms with Crippen molar-refractivity contribution >= 4 is 25.0 Å². The van der Waals surface area contributed by atoms with E-state index in [0.717, 1.165) is 17.7 Å². The smallest absolute Gasteiger partial charge is 0.192 e. The van der Waals surface area contributed by atoms with Crippen LogP contribution in [0.3, 0.4) is 0 Å². The van der Waals surface area contributed by atoms with Gasteiger partial charge < -0.3 is 4.43 Å². The molecular formula is C24H34F2N2O2SSi. The zero-order valence-electron chi connectivity index (χ0n) is 20.4. The second kappa shape index (κ2) is 9.61. The Morgan fingerprint density at radius 2 is 1.69 bits per heavy atom. The van der Waals surface area contributed by atoms with E-state index in [1.54, 1.807) is 33.0 Å². The van der Waals surface area contributed by atoms with Gasteiger partial charge in [-0.1, -0.05) is 26.8 Å². The Hall–Kier alpha value is -1.77. The normalized spacial score (nSPS) is 15.5. The fraction of sp³-hybridized carbons (Fsp3) is 0.500. The highest BCUT2D eigenvalue weighted by atomic mass is 32.2. The number of halogens is 2. The van der Waals surface area contributed by atoms with E-state index >= 15 is 0 Å². The Kier molecular flexibility index (Phi) is 7.95. The van der Waals surface area contributed by atoms with E-state index in [1.165, 1.54) is 6.07 Å². The molecule has 0 saturated carbocycles. The molecule has 1 aromatic carbocycles. The van der Waals surface area contributed by atoms with Crippen molar-refractivity contribution in [2.24, 2.45) is 4.40 Å². The first-order chi connectivity index (χ1) is 14.5. The Balaban J connectivity index is 2.44. The first-order valence-electron chi connectivity index (χ1n) is 10.6. The average molecular weight is 481 g/mol. The van der Waals surface area contributed by atoms with Gasteiger partial charge in [-0.25, -0.2) is 13.0 Å². The van der Waals surface area contributed by atoms with Gasteiger partial charge in [0.15, 0.2) is 20.0 Å². The van der Waals surface area contributed by atoms with Crippen molar-refractivity contribution < 1.29 is 17.4 Å². The highest BCUT2D eigenvalue weighted by Crippen LogP contribution is 2.39. The molecule has 32 heavy (non-hydrogen) atoms. The summed E-state index contributed by atoms with van der Waals surface area (Å²) in [5.41, 5.74) is 1.89. The van der Waals surface area contributed by atoms with Crippen LogP contribution in [0.5, 0.6) is 0 Å². The van der Waals surface area contributed by atoms with E-state index in [9.17, 15) is 13.0 Å². The lowest BCUT2D eigenvalue weighted by atomic mass is 10.1. The molecule has 2 aromatic rings. The molecule has 0 saturated heterocycles. The third-order valence-corrected chi connectivity index (χ3v) is 11.6. The molecule has 0 fully saturated rings. The number of pyridine rings is 1. The van der Waals surface area contributed by atoms with Gasteiger partial charge in [-0.3, -0.25) is 4.98 Å². The molecule has 8 heteroatoms. The number of aromatic nitrogens is 1. The van der Waals surface area contributed by atoms with Crippen LogP contribution in [0.2, 0.25) is 18.1 Å². The molecule has 0 aliphatic carbocycles. The van der Waals surface area contributed by atoms with Gasteiger partial charge in [0.2, 0.25) is 0 Å². The van der Waals surface area contributed by atoms with Gasteiger partial charge in [0, 0.05) is 11.8 Å². The van der Waals surface area contributed by atoms with E-state index in [-0.39, 0.29) is 16.9 Å². The standard InChI is InChI=1S/C24H34F2N2O2SSi/c1-16(30-32(8,9)24(5,6)7)18-11-13-21(27-15-18)22(28-31(29)23(2,3)4)17-10-12-19(25)20(26)14-17/h10-16H,1-9H3/t16?,31-/m1/s1. The number of benzene rings is 1. The maximum absolute atomic E-state index is 13.9. The van der Waals surface area contributed by atoms with Crippen LogP contribution in [0, 0.1) is 11.6 Å². The second-order valence-corrected chi connectivity index (χ2v) is 17.1. The van der Waals surface area contributed by atoms with Crippen LogP contribution in [-0.4, -0.2) is 28.0 Å². The van der Waals surface area contributed by atoms with Crippen molar-refractivity contribution in [1.29, 1.82) is 0 Å². The maximum atomic E-state index is 13.9. The molecule has 2 rings (SSSR count). The molecule has 1 aromatic heterocycles. The van der Waals surface area contributed by atoms with Gasteiger partial charge in [-0.05, 0) is 75.7 Å². The van der Waals surface area contributed by atoms with Crippen molar-refractivity contribution in [3.8, 4) is 0 Å². The summed E-state index contributed by atoms with van der Waals surface area (Å²) in [5, 5.41) is 0.0815. The van der Waals surface area contributed by atoms with E-state index in [1.807, 2.05) is 13.0 Å². The Morgan fingerprint density at radius 1 is 1.06 bits per heavy atom. The number of hydrogen-bond acceptors (Lipinski definition) is 3. The lowest BCUT2D eigenvalue weighted by Crippen LogP contribution is -2.41. The number of nitrogens with zero attached hydrogens (tertiary/aromatic N) is 2. The molecule has 1 heterocycles. The third kappa shape index (κ3) is 6.39. The summed E-state index contributed by atoms with van der Waals surface area (Å²) in [6.45, 7) is 18.3. The van der Waals surface area contributed by atoms with Gasteiger partial charge in [0.05, 0.1) is 16.5 Å². The molecule has 0 aliphatic heterocycles. The molecule has 4 nitrogen and oxygen atoms in total. The summed E-state index contributed by atoms with van der Waals surface area (Å²) in [7, 11) is -3.57. The van der Waals surface area contributed by atoms with E-state index in [2.05, 4.69) is 43.2 Å².